The Kier molecular flexibility index (Phi) is 6.96. The van der Waals surface area contributed by atoms with Crippen molar-refractivity contribution in [2.75, 3.05) is 0 Å². The van der Waals surface area contributed by atoms with Crippen LogP contribution in [0, 0.1) is 58.2 Å². The van der Waals surface area contributed by atoms with Gasteiger partial charge in [0.05, 0.1) is 30.5 Å². The maximum Gasteiger partial charge on any atom is 0.155 e. The minimum Gasteiger partial charge on any atom is -0.390 e. The highest BCUT2D eigenvalue weighted by Gasteiger charge is 2.69. The van der Waals surface area contributed by atoms with Gasteiger partial charge in [0.25, 0.3) is 0 Å². The summed E-state index contributed by atoms with van der Waals surface area (Å²) in [5.74, 6) is -0.0824. The Morgan fingerprint density at radius 2 is 1.56 bits per heavy atom. The zero-order valence-corrected chi connectivity index (χ0v) is 22.6. The van der Waals surface area contributed by atoms with Crippen molar-refractivity contribution in [1.29, 1.82) is 0 Å². The zero-order valence-electron chi connectivity index (χ0n) is 22.6. The summed E-state index contributed by atoms with van der Waals surface area (Å²) < 4.78 is 6.06. The first-order chi connectivity index (χ1) is 16.8. The van der Waals surface area contributed by atoms with Gasteiger partial charge in [-0.2, -0.15) is 0 Å². The Bertz CT molecular complexity index is 847. The number of ketones is 1. The van der Waals surface area contributed by atoms with Gasteiger partial charge in [0, 0.05) is 30.6 Å². The maximum atomic E-state index is 13.8. The zero-order chi connectivity index (χ0) is 26.3. The number of hydrogen-bond acceptors (Lipinski definition) is 7. The van der Waals surface area contributed by atoms with E-state index >= 15 is 0 Å². The minimum absolute atomic E-state index is 0.0113. The lowest BCUT2D eigenvalue weighted by Gasteiger charge is -2.64. The topological polar surface area (TPSA) is 127 Å². The molecular weight excluding hydrogens is 460 g/mol. The van der Waals surface area contributed by atoms with Crippen molar-refractivity contribution < 1.29 is 35.1 Å². The molecule has 36 heavy (non-hydrogen) atoms. The van der Waals surface area contributed by atoms with Crippen LogP contribution >= 0.6 is 0 Å². The molecule has 0 spiro atoms. The normalized spacial score (nSPS) is 56.1. The fraction of sp³-hybridized carbons (Fsp3) is 0.966. The molecule has 1 saturated heterocycles. The van der Waals surface area contributed by atoms with E-state index in [0.29, 0.717) is 37.5 Å². The Morgan fingerprint density at radius 1 is 0.889 bits per heavy atom. The monoisotopic (exact) mass is 508 g/mol. The number of aliphatic hydroxyl groups is 5. The van der Waals surface area contributed by atoms with Crippen molar-refractivity contribution in [2.24, 2.45) is 58.2 Å². The highest BCUT2D eigenvalue weighted by atomic mass is 16.6. The Balaban J connectivity index is 1.44. The molecule has 0 radical (unpaired) electrons. The number of aliphatic hydroxyl groups excluding tert-OH is 5. The van der Waals surface area contributed by atoms with E-state index in [4.69, 9.17) is 4.74 Å². The van der Waals surface area contributed by atoms with Crippen LogP contribution in [-0.2, 0) is 9.53 Å². The molecule has 4 aliphatic carbocycles. The van der Waals surface area contributed by atoms with Gasteiger partial charge >= 0.3 is 0 Å². The summed E-state index contributed by atoms with van der Waals surface area (Å²) >= 11 is 0. The lowest BCUT2D eigenvalue weighted by Crippen LogP contribution is -2.68. The van der Waals surface area contributed by atoms with Crippen molar-refractivity contribution in [1.82, 2.24) is 0 Å². The van der Waals surface area contributed by atoms with Crippen LogP contribution in [0.25, 0.3) is 0 Å². The third kappa shape index (κ3) is 3.86. The molecule has 5 fully saturated rings. The van der Waals surface area contributed by atoms with Gasteiger partial charge in [0.1, 0.15) is 5.78 Å². The average Bonchev–Trinajstić information content (AvgIpc) is 3.09. The van der Waals surface area contributed by atoms with Gasteiger partial charge in [-0.15, -0.1) is 0 Å². The Hall–Kier alpha value is -0.570. The summed E-state index contributed by atoms with van der Waals surface area (Å²) in [6.45, 7) is 10.8. The van der Waals surface area contributed by atoms with E-state index in [9.17, 15) is 30.3 Å². The van der Waals surface area contributed by atoms with Gasteiger partial charge < -0.3 is 30.3 Å². The van der Waals surface area contributed by atoms with Crippen molar-refractivity contribution in [2.45, 2.75) is 116 Å². The van der Waals surface area contributed by atoms with Gasteiger partial charge in [-0.3, -0.25) is 4.79 Å². The van der Waals surface area contributed by atoms with E-state index in [1.165, 1.54) is 0 Å². The number of ether oxygens (including phenoxy) is 1. The number of carbonyl (C=O) groups is 1. The van der Waals surface area contributed by atoms with E-state index in [1.807, 2.05) is 0 Å². The fourth-order valence-electron chi connectivity index (χ4n) is 10.1. The van der Waals surface area contributed by atoms with Gasteiger partial charge in [-0.1, -0.05) is 34.6 Å². The van der Waals surface area contributed by atoms with Crippen LogP contribution in [0.3, 0.4) is 0 Å². The van der Waals surface area contributed by atoms with Crippen LogP contribution in [0.5, 0.6) is 0 Å². The molecule has 0 aromatic carbocycles. The second-order valence-electron chi connectivity index (χ2n) is 14.1. The third-order valence-electron chi connectivity index (χ3n) is 12.2. The summed E-state index contributed by atoms with van der Waals surface area (Å²) in [6, 6.07) is 0. The molecule has 5 aliphatic rings. The third-order valence-corrected chi connectivity index (χ3v) is 12.2. The summed E-state index contributed by atoms with van der Waals surface area (Å²) in [6.07, 6.45) is -0.315. The fourth-order valence-corrected chi connectivity index (χ4v) is 10.1. The van der Waals surface area contributed by atoms with Gasteiger partial charge in [-0.05, 0) is 72.5 Å². The molecule has 0 bridgehead atoms. The number of Topliss-reactive ketones (excluding diaryl/α,β-unsaturated/α-hetero) is 1. The summed E-state index contributed by atoms with van der Waals surface area (Å²) in [7, 11) is 0. The van der Waals surface area contributed by atoms with E-state index in [0.717, 1.165) is 19.3 Å². The second kappa shape index (κ2) is 9.27. The molecule has 206 valence electrons. The predicted octanol–water partition coefficient (Wildman–Crippen LogP) is 2.50. The largest absolute Gasteiger partial charge is 0.390 e. The summed E-state index contributed by atoms with van der Waals surface area (Å²) in [4.78, 5) is 13.8. The number of rotatable bonds is 3. The van der Waals surface area contributed by atoms with Crippen LogP contribution in [0.4, 0.5) is 0 Å². The van der Waals surface area contributed by atoms with Crippen LogP contribution in [0.15, 0.2) is 0 Å². The van der Waals surface area contributed by atoms with Crippen LogP contribution in [0.1, 0.15) is 79.6 Å². The predicted molar refractivity (Wildman–Crippen MR) is 133 cm³/mol. The molecule has 0 aromatic heterocycles. The Morgan fingerprint density at radius 3 is 2.22 bits per heavy atom. The van der Waals surface area contributed by atoms with Crippen LogP contribution in [0.2, 0.25) is 0 Å². The summed E-state index contributed by atoms with van der Waals surface area (Å²) in [5, 5.41) is 54.3. The molecule has 0 aromatic rings. The standard InChI is InChI=1S/C29H48O7/c1-13(2)15-10-20(36-21(32)11-15)14(3)17-12-19(31)23-22-16(6-8-29(17,23)5)28(4)9-7-18(30)25(33)24(28)27(35)26(22)34/h13-18,20-27,30,32-35H,6-12H2,1-5H3/t14-,15?,16-,17+,18+,20-,21?,22+,23+,24+,25-,26+,27+,28+,29+/m0/s1. The number of hydrogen-bond donors (Lipinski definition) is 5. The molecule has 0 amide bonds. The number of fused-ring (bicyclic) bond motifs is 5. The second-order valence-corrected chi connectivity index (χ2v) is 14.1. The smallest absolute Gasteiger partial charge is 0.155 e. The molecule has 1 heterocycles. The molecule has 2 unspecified atom stereocenters. The van der Waals surface area contributed by atoms with Crippen LogP contribution in [-0.4, -0.2) is 68.1 Å². The van der Waals surface area contributed by atoms with Gasteiger partial charge in [0.2, 0.25) is 0 Å². The molecule has 4 saturated carbocycles. The van der Waals surface area contributed by atoms with Gasteiger partial charge in [0.15, 0.2) is 6.29 Å². The van der Waals surface area contributed by atoms with Gasteiger partial charge in [-0.25, -0.2) is 0 Å². The van der Waals surface area contributed by atoms with Crippen molar-refractivity contribution in [3.63, 3.8) is 0 Å². The summed E-state index contributed by atoms with van der Waals surface area (Å²) in [5.41, 5.74) is -0.748. The Labute approximate surface area is 215 Å². The molecule has 5 N–H and O–H groups in total. The SMILES string of the molecule is CC(C)C1CC(O)O[C@H]([C@@H](C)[C@H]2CC(=O)[C@@H]3[C@@H]4[C@@H](O)[C@H](O)[C@H]5[C@@H](O)[C@H](O)CC[C@]5(C)[C@H]4CC[C@]23C)C1. The first kappa shape index (κ1) is 27.0. The molecule has 5 rings (SSSR count). The lowest BCUT2D eigenvalue weighted by atomic mass is 9.42. The molecule has 7 heteroatoms. The average molecular weight is 509 g/mol. The number of carbonyl (C=O) groups excluding carboxylic acids is 1. The van der Waals surface area contributed by atoms with E-state index in [2.05, 4.69) is 34.6 Å². The molecule has 7 nitrogen and oxygen atoms in total. The van der Waals surface area contributed by atoms with E-state index in [1.54, 1.807) is 0 Å². The van der Waals surface area contributed by atoms with Crippen LogP contribution < -0.4 is 0 Å². The highest BCUT2D eigenvalue weighted by molar-refractivity contribution is 5.85. The highest BCUT2D eigenvalue weighted by Crippen LogP contribution is 2.67. The first-order valence-electron chi connectivity index (χ1n) is 14.4. The lowest BCUT2D eigenvalue weighted by molar-refractivity contribution is -0.251. The molecule has 1 aliphatic heterocycles. The van der Waals surface area contributed by atoms with Crippen molar-refractivity contribution in [3.8, 4) is 0 Å². The maximum absolute atomic E-state index is 13.8. The van der Waals surface area contributed by atoms with E-state index in [-0.39, 0.29) is 46.9 Å². The molecular formula is C29H48O7. The molecule has 15 atom stereocenters. The quantitative estimate of drug-likeness (QED) is 0.396. The first-order valence-corrected chi connectivity index (χ1v) is 14.4. The van der Waals surface area contributed by atoms with Crippen molar-refractivity contribution >= 4 is 5.78 Å². The minimum atomic E-state index is -1.17. The van der Waals surface area contributed by atoms with Crippen molar-refractivity contribution in [3.05, 3.63) is 0 Å². The van der Waals surface area contributed by atoms with E-state index < -0.39 is 42.0 Å².